The molecule has 1 heterocycles. The molecule has 0 saturated carbocycles. The smallest absolute Gasteiger partial charge is 0.338 e. The van der Waals surface area contributed by atoms with Crippen LogP contribution in [0.1, 0.15) is 17.0 Å². The summed E-state index contributed by atoms with van der Waals surface area (Å²) in [6, 6.07) is 2.71. The van der Waals surface area contributed by atoms with Crippen LogP contribution in [0.15, 0.2) is 30.6 Å². The van der Waals surface area contributed by atoms with E-state index in [2.05, 4.69) is 10.3 Å². The Hall–Kier alpha value is -1.89. The molecule has 0 fully saturated rings. The highest BCUT2D eigenvalue weighted by atomic mass is 19.4. The lowest BCUT2D eigenvalue weighted by Crippen LogP contribution is -2.21. The number of aryl methyl sites for hydroxylation is 1. The Morgan fingerprint density at radius 1 is 1.29 bits per heavy atom. The van der Waals surface area contributed by atoms with Gasteiger partial charge in [-0.3, -0.25) is 0 Å². The molecule has 1 aromatic carbocycles. The van der Waals surface area contributed by atoms with Crippen molar-refractivity contribution in [3.05, 3.63) is 53.4 Å². The summed E-state index contributed by atoms with van der Waals surface area (Å²) in [5.74, 6) is -0.0447. The molecular weight excluding hydrogens is 286 g/mol. The van der Waals surface area contributed by atoms with Crippen molar-refractivity contribution >= 4 is 0 Å². The molecule has 0 amide bonds. The molecule has 0 radical (unpaired) electrons. The Kier molecular flexibility index (Phi) is 4.62. The normalized spacial score (nSPS) is 11.9. The standard InChI is InChI=1S/C14H15F4N3/c1-21-7-6-20-13(21)4-5-19-9-10-2-3-11(15)8-12(10)14(16,17)18/h2-3,6-8,19H,4-5,9H2,1H3. The first kappa shape index (κ1) is 15.5. The molecular formula is C14H15F4N3. The van der Waals surface area contributed by atoms with Crippen molar-refractivity contribution in [2.24, 2.45) is 7.05 Å². The zero-order valence-electron chi connectivity index (χ0n) is 11.4. The third kappa shape index (κ3) is 4.04. The quantitative estimate of drug-likeness (QED) is 0.680. The summed E-state index contributed by atoms with van der Waals surface area (Å²) in [5, 5.41) is 2.92. The monoisotopic (exact) mass is 301 g/mol. The first-order valence-corrected chi connectivity index (χ1v) is 6.40. The first-order chi connectivity index (χ1) is 9.88. The van der Waals surface area contributed by atoms with E-state index in [-0.39, 0.29) is 12.1 Å². The molecule has 0 aliphatic rings. The van der Waals surface area contributed by atoms with E-state index in [1.54, 1.807) is 12.4 Å². The third-order valence-corrected chi connectivity index (χ3v) is 3.14. The molecule has 0 aliphatic carbocycles. The summed E-state index contributed by atoms with van der Waals surface area (Å²) in [6.45, 7) is 0.513. The second-order valence-corrected chi connectivity index (χ2v) is 4.68. The number of benzene rings is 1. The third-order valence-electron chi connectivity index (χ3n) is 3.14. The molecule has 0 atom stereocenters. The molecule has 0 aliphatic heterocycles. The highest BCUT2D eigenvalue weighted by Crippen LogP contribution is 2.32. The minimum Gasteiger partial charge on any atom is -0.338 e. The number of rotatable bonds is 5. The molecule has 0 unspecified atom stereocenters. The zero-order valence-corrected chi connectivity index (χ0v) is 11.4. The number of halogens is 4. The Labute approximate surface area is 119 Å². The molecule has 7 heteroatoms. The number of nitrogens with one attached hydrogen (secondary N) is 1. The van der Waals surface area contributed by atoms with Crippen molar-refractivity contribution in [2.75, 3.05) is 6.54 Å². The highest BCUT2D eigenvalue weighted by Gasteiger charge is 2.33. The lowest BCUT2D eigenvalue weighted by molar-refractivity contribution is -0.138. The fraction of sp³-hybridized carbons (Fsp3) is 0.357. The summed E-state index contributed by atoms with van der Waals surface area (Å²) < 4.78 is 53.2. The topological polar surface area (TPSA) is 29.9 Å². The zero-order chi connectivity index (χ0) is 15.5. The van der Waals surface area contributed by atoms with Gasteiger partial charge in [0.15, 0.2) is 0 Å². The van der Waals surface area contributed by atoms with Crippen LogP contribution >= 0.6 is 0 Å². The Morgan fingerprint density at radius 3 is 2.67 bits per heavy atom. The summed E-state index contributed by atoms with van der Waals surface area (Å²) in [4.78, 5) is 4.12. The van der Waals surface area contributed by atoms with E-state index in [0.717, 1.165) is 18.0 Å². The molecule has 21 heavy (non-hydrogen) atoms. The number of nitrogens with zero attached hydrogens (tertiary/aromatic N) is 2. The van der Waals surface area contributed by atoms with Gasteiger partial charge in [-0.05, 0) is 17.7 Å². The van der Waals surface area contributed by atoms with Gasteiger partial charge in [-0.1, -0.05) is 6.07 Å². The summed E-state index contributed by atoms with van der Waals surface area (Å²) in [6.07, 6.45) is -0.487. The van der Waals surface area contributed by atoms with E-state index in [1.807, 2.05) is 11.6 Å². The maximum atomic E-state index is 13.0. The van der Waals surface area contributed by atoms with Gasteiger partial charge in [0.1, 0.15) is 11.6 Å². The Morgan fingerprint density at radius 2 is 2.05 bits per heavy atom. The SMILES string of the molecule is Cn1ccnc1CCNCc1ccc(F)cc1C(F)(F)F. The average molecular weight is 301 g/mol. The number of aromatic nitrogens is 2. The van der Waals surface area contributed by atoms with Crippen molar-refractivity contribution in [1.82, 2.24) is 14.9 Å². The van der Waals surface area contributed by atoms with E-state index < -0.39 is 17.6 Å². The van der Waals surface area contributed by atoms with Crippen molar-refractivity contribution in [3.63, 3.8) is 0 Å². The Balaban J connectivity index is 1.96. The second-order valence-electron chi connectivity index (χ2n) is 4.68. The van der Waals surface area contributed by atoms with Gasteiger partial charge >= 0.3 is 6.18 Å². The van der Waals surface area contributed by atoms with Gasteiger partial charge in [-0.2, -0.15) is 13.2 Å². The highest BCUT2D eigenvalue weighted by molar-refractivity contribution is 5.30. The number of alkyl halides is 3. The molecule has 2 aromatic rings. The van der Waals surface area contributed by atoms with E-state index >= 15 is 0 Å². The van der Waals surface area contributed by atoms with Crippen molar-refractivity contribution < 1.29 is 17.6 Å². The minimum atomic E-state index is -4.56. The van der Waals surface area contributed by atoms with Crippen LogP contribution in [0.5, 0.6) is 0 Å². The largest absolute Gasteiger partial charge is 0.416 e. The van der Waals surface area contributed by atoms with Crippen LogP contribution < -0.4 is 5.32 Å². The van der Waals surface area contributed by atoms with Gasteiger partial charge in [-0.15, -0.1) is 0 Å². The van der Waals surface area contributed by atoms with Crippen LogP contribution in [-0.2, 0) is 26.2 Å². The molecule has 1 aromatic heterocycles. The van der Waals surface area contributed by atoms with Gasteiger partial charge in [0.2, 0.25) is 0 Å². The van der Waals surface area contributed by atoms with Crippen LogP contribution in [0, 0.1) is 5.82 Å². The van der Waals surface area contributed by atoms with Gasteiger partial charge in [0, 0.05) is 39.0 Å². The predicted molar refractivity (Wildman–Crippen MR) is 70.0 cm³/mol. The first-order valence-electron chi connectivity index (χ1n) is 6.40. The molecule has 0 saturated heterocycles. The Bertz CT molecular complexity index is 605. The van der Waals surface area contributed by atoms with Gasteiger partial charge in [0.25, 0.3) is 0 Å². The minimum absolute atomic E-state index is 0.0273. The molecule has 1 N–H and O–H groups in total. The lowest BCUT2D eigenvalue weighted by atomic mass is 10.1. The maximum Gasteiger partial charge on any atom is 0.416 e. The van der Waals surface area contributed by atoms with Crippen LogP contribution in [-0.4, -0.2) is 16.1 Å². The van der Waals surface area contributed by atoms with Gasteiger partial charge < -0.3 is 9.88 Å². The molecule has 3 nitrogen and oxygen atoms in total. The molecule has 114 valence electrons. The van der Waals surface area contributed by atoms with Gasteiger partial charge in [0.05, 0.1) is 5.56 Å². The van der Waals surface area contributed by atoms with E-state index in [1.165, 1.54) is 0 Å². The molecule has 2 rings (SSSR count). The number of hydrogen-bond donors (Lipinski definition) is 1. The number of hydrogen-bond acceptors (Lipinski definition) is 2. The van der Waals surface area contributed by atoms with E-state index in [9.17, 15) is 17.6 Å². The second kappa shape index (κ2) is 6.26. The van der Waals surface area contributed by atoms with E-state index in [0.29, 0.717) is 19.0 Å². The van der Waals surface area contributed by atoms with Crippen molar-refractivity contribution in [2.45, 2.75) is 19.1 Å². The predicted octanol–water partition coefficient (Wildman–Crippen LogP) is 2.91. The summed E-state index contributed by atoms with van der Waals surface area (Å²) >= 11 is 0. The fourth-order valence-corrected chi connectivity index (χ4v) is 2.03. The summed E-state index contributed by atoms with van der Waals surface area (Å²) in [7, 11) is 1.85. The summed E-state index contributed by atoms with van der Waals surface area (Å²) in [5.41, 5.74) is -0.907. The van der Waals surface area contributed by atoms with Crippen LogP contribution in [0.3, 0.4) is 0 Å². The van der Waals surface area contributed by atoms with Crippen molar-refractivity contribution in [3.8, 4) is 0 Å². The van der Waals surface area contributed by atoms with Crippen LogP contribution in [0.25, 0.3) is 0 Å². The number of imidazole rings is 1. The van der Waals surface area contributed by atoms with Gasteiger partial charge in [-0.25, -0.2) is 9.37 Å². The molecule has 0 spiro atoms. The fourth-order valence-electron chi connectivity index (χ4n) is 2.03. The lowest BCUT2D eigenvalue weighted by Gasteiger charge is -2.13. The van der Waals surface area contributed by atoms with E-state index in [4.69, 9.17) is 0 Å². The van der Waals surface area contributed by atoms with Crippen LogP contribution in [0.2, 0.25) is 0 Å². The average Bonchev–Trinajstić information content (AvgIpc) is 2.80. The van der Waals surface area contributed by atoms with Crippen molar-refractivity contribution in [1.29, 1.82) is 0 Å². The molecule has 0 bridgehead atoms. The maximum absolute atomic E-state index is 13.0. The van der Waals surface area contributed by atoms with Crippen LogP contribution in [0.4, 0.5) is 17.6 Å².